The predicted molar refractivity (Wildman–Crippen MR) is 66.7 cm³/mol. The second kappa shape index (κ2) is 5.30. The molecule has 0 atom stereocenters. The molecule has 0 aromatic carbocycles. The molecule has 0 fully saturated rings. The monoisotopic (exact) mass is 286 g/mol. The number of nitrogens with zero attached hydrogens (tertiary/aromatic N) is 2. The number of aryl methyl sites for hydroxylation is 1. The van der Waals surface area contributed by atoms with E-state index in [2.05, 4.69) is 20.9 Å². The Labute approximate surface area is 104 Å². The molecule has 1 aromatic rings. The van der Waals surface area contributed by atoms with E-state index >= 15 is 0 Å². The zero-order valence-electron chi connectivity index (χ0n) is 9.82. The third-order valence-corrected chi connectivity index (χ3v) is 2.43. The number of hydrogen-bond acceptors (Lipinski definition) is 3. The second-order valence-electron chi connectivity index (χ2n) is 3.75. The fraction of sp³-hybridized carbons (Fsp3) is 0.455. The highest BCUT2D eigenvalue weighted by Gasteiger charge is 2.16. The molecule has 0 N–H and O–H groups in total. The minimum atomic E-state index is -0.377. The molecule has 0 unspecified atom stereocenters. The zero-order chi connectivity index (χ0) is 12.3. The summed E-state index contributed by atoms with van der Waals surface area (Å²) in [6, 6.07) is 1.84. The van der Waals surface area contributed by atoms with Gasteiger partial charge in [-0.15, -0.1) is 0 Å². The van der Waals surface area contributed by atoms with Gasteiger partial charge < -0.3 is 4.74 Å². The molecule has 1 rings (SSSR count). The lowest BCUT2D eigenvalue weighted by atomic mass is 10.3. The van der Waals surface area contributed by atoms with Crippen LogP contribution in [0.5, 0.6) is 0 Å². The molecule has 0 saturated heterocycles. The van der Waals surface area contributed by atoms with E-state index in [4.69, 9.17) is 4.74 Å². The molecule has 0 spiro atoms. The van der Waals surface area contributed by atoms with Gasteiger partial charge in [-0.1, -0.05) is 0 Å². The molecule has 88 valence electrons. The van der Waals surface area contributed by atoms with Crippen molar-refractivity contribution < 1.29 is 9.53 Å². The first-order chi connectivity index (χ1) is 7.41. The Balaban J connectivity index is 2.91. The van der Waals surface area contributed by atoms with Crippen molar-refractivity contribution in [3.05, 3.63) is 22.4 Å². The summed E-state index contributed by atoms with van der Waals surface area (Å²) in [4.78, 5) is 17.3. The first-order valence-electron chi connectivity index (χ1n) is 4.98. The summed E-state index contributed by atoms with van der Waals surface area (Å²) in [5.74, 6) is 0. The fourth-order valence-electron chi connectivity index (χ4n) is 1.22. The molecule has 0 saturated carbocycles. The van der Waals surface area contributed by atoms with E-state index in [1.165, 1.54) is 4.90 Å². The first-order valence-corrected chi connectivity index (χ1v) is 5.77. The molecule has 4 nitrogen and oxygen atoms in total. The number of aromatic nitrogens is 1. The Morgan fingerprint density at radius 1 is 1.56 bits per heavy atom. The summed E-state index contributed by atoms with van der Waals surface area (Å²) in [5, 5.41) is 0. The van der Waals surface area contributed by atoms with Crippen molar-refractivity contribution in [3.8, 4) is 0 Å². The Hall–Kier alpha value is -1.10. The van der Waals surface area contributed by atoms with E-state index in [0.29, 0.717) is 0 Å². The normalized spacial score (nSPS) is 10.4. The average molecular weight is 287 g/mol. The van der Waals surface area contributed by atoms with Gasteiger partial charge in [0.1, 0.15) is 0 Å². The van der Waals surface area contributed by atoms with Crippen molar-refractivity contribution in [1.82, 2.24) is 4.98 Å². The molecule has 0 bridgehead atoms. The third-order valence-electron chi connectivity index (χ3n) is 2.00. The van der Waals surface area contributed by atoms with Gasteiger partial charge in [-0.25, -0.2) is 4.79 Å². The lowest BCUT2D eigenvalue weighted by Gasteiger charge is -2.20. The molecule has 5 heteroatoms. The smallest absolute Gasteiger partial charge is 0.414 e. The summed E-state index contributed by atoms with van der Waals surface area (Å²) in [5.41, 5.74) is 1.52. The molecular weight excluding hydrogens is 272 g/mol. The number of halogens is 1. The Kier molecular flexibility index (Phi) is 4.29. The Morgan fingerprint density at radius 3 is 2.75 bits per heavy atom. The van der Waals surface area contributed by atoms with Crippen LogP contribution in [0.15, 0.2) is 16.7 Å². The van der Waals surface area contributed by atoms with E-state index < -0.39 is 0 Å². The molecule has 16 heavy (non-hydrogen) atoms. The quantitative estimate of drug-likeness (QED) is 0.839. The topological polar surface area (TPSA) is 42.4 Å². The van der Waals surface area contributed by atoms with Gasteiger partial charge in [-0.05, 0) is 42.8 Å². The Bertz CT molecular complexity index is 394. The van der Waals surface area contributed by atoms with Gasteiger partial charge in [0.05, 0.1) is 17.5 Å². The highest BCUT2D eigenvalue weighted by atomic mass is 79.9. The maximum Gasteiger partial charge on any atom is 0.414 e. The van der Waals surface area contributed by atoms with Crippen molar-refractivity contribution in [2.45, 2.75) is 26.9 Å². The number of anilines is 1. The number of amides is 1. The van der Waals surface area contributed by atoms with Crippen molar-refractivity contribution in [3.63, 3.8) is 0 Å². The van der Waals surface area contributed by atoms with Gasteiger partial charge in [0, 0.05) is 17.7 Å². The fourth-order valence-corrected chi connectivity index (χ4v) is 1.53. The van der Waals surface area contributed by atoms with Crippen LogP contribution in [0.2, 0.25) is 0 Å². The molecular formula is C11H15BrN2O2. The van der Waals surface area contributed by atoms with Gasteiger partial charge in [0.2, 0.25) is 0 Å². The largest absolute Gasteiger partial charge is 0.446 e. The van der Waals surface area contributed by atoms with Gasteiger partial charge in [-0.3, -0.25) is 9.88 Å². The number of rotatable bonds is 2. The third kappa shape index (κ3) is 3.20. The predicted octanol–water partition coefficient (Wildman–Crippen LogP) is 3.13. The minimum Gasteiger partial charge on any atom is -0.446 e. The molecule has 1 heterocycles. The van der Waals surface area contributed by atoms with E-state index in [1.807, 2.05) is 26.8 Å². The van der Waals surface area contributed by atoms with Crippen LogP contribution in [-0.2, 0) is 4.74 Å². The highest BCUT2D eigenvalue weighted by Crippen LogP contribution is 2.22. The van der Waals surface area contributed by atoms with Crippen molar-refractivity contribution in [1.29, 1.82) is 0 Å². The van der Waals surface area contributed by atoms with Crippen LogP contribution in [0, 0.1) is 6.92 Å². The van der Waals surface area contributed by atoms with Gasteiger partial charge in [-0.2, -0.15) is 0 Å². The second-order valence-corrected chi connectivity index (χ2v) is 4.67. The molecule has 0 aliphatic rings. The van der Waals surface area contributed by atoms with E-state index in [-0.39, 0.29) is 12.2 Å². The van der Waals surface area contributed by atoms with Crippen LogP contribution in [0.25, 0.3) is 0 Å². The Morgan fingerprint density at radius 2 is 2.19 bits per heavy atom. The van der Waals surface area contributed by atoms with Gasteiger partial charge in [0.25, 0.3) is 0 Å². The van der Waals surface area contributed by atoms with Crippen LogP contribution in [0.4, 0.5) is 10.5 Å². The maximum absolute atomic E-state index is 11.7. The number of carbonyl (C=O) groups is 1. The summed E-state index contributed by atoms with van der Waals surface area (Å²) in [7, 11) is 1.67. The van der Waals surface area contributed by atoms with Crippen LogP contribution < -0.4 is 4.90 Å². The summed E-state index contributed by atoms with van der Waals surface area (Å²) >= 11 is 3.32. The molecule has 1 amide bonds. The minimum absolute atomic E-state index is 0.129. The lowest BCUT2D eigenvalue weighted by molar-refractivity contribution is 0.124. The highest BCUT2D eigenvalue weighted by molar-refractivity contribution is 9.10. The molecule has 0 aliphatic carbocycles. The van der Waals surface area contributed by atoms with Crippen molar-refractivity contribution in [2.75, 3.05) is 11.9 Å². The van der Waals surface area contributed by atoms with E-state index in [9.17, 15) is 4.79 Å². The molecule has 0 aliphatic heterocycles. The van der Waals surface area contributed by atoms with Gasteiger partial charge in [0.15, 0.2) is 0 Å². The number of ether oxygens (including phenoxy) is 1. The van der Waals surface area contributed by atoms with Crippen LogP contribution in [0.3, 0.4) is 0 Å². The molecule has 0 radical (unpaired) electrons. The summed E-state index contributed by atoms with van der Waals surface area (Å²) < 4.78 is 5.94. The van der Waals surface area contributed by atoms with Crippen molar-refractivity contribution >= 4 is 27.7 Å². The van der Waals surface area contributed by atoms with Crippen LogP contribution in [-0.4, -0.2) is 24.2 Å². The SMILES string of the molecule is Cc1ncc(Br)cc1N(C)C(=O)OC(C)C. The van der Waals surface area contributed by atoms with E-state index in [1.54, 1.807) is 13.2 Å². The summed E-state index contributed by atoms with van der Waals surface area (Å²) in [6.45, 7) is 5.48. The standard InChI is InChI=1S/C11H15BrN2O2/c1-7(2)16-11(15)14(4)10-5-9(12)6-13-8(10)3/h5-7H,1-4H3. The molecule has 1 aromatic heterocycles. The number of pyridine rings is 1. The van der Waals surface area contributed by atoms with E-state index in [0.717, 1.165) is 15.9 Å². The first kappa shape index (κ1) is 13.0. The zero-order valence-corrected chi connectivity index (χ0v) is 11.4. The average Bonchev–Trinajstić information content (AvgIpc) is 2.19. The lowest BCUT2D eigenvalue weighted by Crippen LogP contribution is -2.30. The van der Waals surface area contributed by atoms with Gasteiger partial charge >= 0.3 is 6.09 Å². The van der Waals surface area contributed by atoms with Crippen LogP contribution in [0.1, 0.15) is 19.5 Å². The maximum atomic E-state index is 11.7. The number of hydrogen-bond donors (Lipinski definition) is 0. The summed E-state index contributed by atoms with van der Waals surface area (Å²) in [6.07, 6.45) is 1.19. The number of carbonyl (C=O) groups excluding carboxylic acids is 1. The van der Waals surface area contributed by atoms with Crippen LogP contribution >= 0.6 is 15.9 Å². The van der Waals surface area contributed by atoms with Crippen molar-refractivity contribution in [2.24, 2.45) is 0 Å².